The van der Waals surface area contributed by atoms with Crippen molar-refractivity contribution >= 4 is 34.5 Å². The number of carbonyl (C=O) groups excluding carboxylic acids is 1. The first kappa shape index (κ1) is 17.8. The van der Waals surface area contributed by atoms with Gasteiger partial charge < -0.3 is 9.47 Å². The van der Waals surface area contributed by atoms with E-state index in [2.05, 4.69) is 10.5 Å². The highest BCUT2D eigenvalue weighted by molar-refractivity contribution is 6.30. The Morgan fingerprint density at radius 2 is 1.88 bits per heavy atom. The van der Waals surface area contributed by atoms with E-state index in [4.69, 9.17) is 21.1 Å². The van der Waals surface area contributed by atoms with Crippen molar-refractivity contribution in [3.05, 3.63) is 70.7 Å². The predicted octanol–water partition coefficient (Wildman–Crippen LogP) is 4.27. The molecule has 0 saturated heterocycles. The molecule has 3 aromatic rings. The zero-order valence-corrected chi connectivity index (χ0v) is 15.1. The van der Waals surface area contributed by atoms with Gasteiger partial charge in [0.15, 0.2) is 0 Å². The van der Waals surface area contributed by atoms with Crippen molar-refractivity contribution in [1.82, 2.24) is 5.43 Å². The molecule has 0 bridgehead atoms. The number of rotatable bonds is 5. The van der Waals surface area contributed by atoms with Crippen molar-refractivity contribution in [2.45, 2.75) is 0 Å². The van der Waals surface area contributed by atoms with Gasteiger partial charge in [0.25, 0.3) is 5.91 Å². The first-order valence-electron chi connectivity index (χ1n) is 7.86. The van der Waals surface area contributed by atoms with Gasteiger partial charge in [0.1, 0.15) is 11.5 Å². The lowest BCUT2D eigenvalue weighted by Gasteiger charge is -2.10. The van der Waals surface area contributed by atoms with Gasteiger partial charge in [0, 0.05) is 16.1 Å². The van der Waals surface area contributed by atoms with E-state index < -0.39 is 0 Å². The topological polar surface area (TPSA) is 59.9 Å². The fourth-order valence-electron chi connectivity index (χ4n) is 2.59. The molecule has 26 heavy (non-hydrogen) atoms. The summed E-state index contributed by atoms with van der Waals surface area (Å²) in [6.07, 6.45) is 1.56. The van der Waals surface area contributed by atoms with Crippen LogP contribution in [0.25, 0.3) is 10.8 Å². The van der Waals surface area contributed by atoms with Crippen LogP contribution in [0.3, 0.4) is 0 Å². The highest BCUT2D eigenvalue weighted by Gasteiger charge is 2.09. The summed E-state index contributed by atoms with van der Waals surface area (Å²) in [4.78, 5) is 12.2. The molecule has 0 atom stereocenters. The Morgan fingerprint density at radius 1 is 1.08 bits per heavy atom. The molecule has 3 rings (SSSR count). The molecular formula is C20H17ClN2O3. The molecule has 0 aliphatic carbocycles. The van der Waals surface area contributed by atoms with Gasteiger partial charge in [-0.15, -0.1) is 0 Å². The number of amides is 1. The molecule has 0 aliphatic heterocycles. The second-order valence-electron chi connectivity index (χ2n) is 5.48. The lowest BCUT2D eigenvalue weighted by Crippen LogP contribution is -2.17. The van der Waals surface area contributed by atoms with E-state index in [0.29, 0.717) is 16.3 Å². The first-order chi connectivity index (χ1) is 12.6. The summed E-state index contributed by atoms with van der Waals surface area (Å²) in [5.41, 5.74) is 3.68. The first-order valence-corrected chi connectivity index (χ1v) is 8.24. The van der Waals surface area contributed by atoms with Crippen LogP contribution in [0.15, 0.2) is 59.7 Å². The molecule has 3 aromatic carbocycles. The molecule has 0 spiro atoms. The van der Waals surface area contributed by atoms with Gasteiger partial charge in [-0.05, 0) is 47.2 Å². The lowest BCUT2D eigenvalue weighted by atomic mass is 10.0. The van der Waals surface area contributed by atoms with Gasteiger partial charge in [-0.1, -0.05) is 29.8 Å². The van der Waals surface area contributed by atoms with Gasteiger partial charge >= 0.3 is 0 Å². The molecule has 0 aliphatic rings. The van der Waals surface area contributed by atoms with E-state index in [1.165, 1.54) is 0 Å². The zero-order chi connectivity index (χ0) is 18.5. The number of hydrogen-bond donors (Lipinski definition) is 1. The Morgan fingerprint density at radius 3 is 2.62 bits per heavy atom. The number of halogens is 1. The van der Waals surface area contributed by atoms with Crippen LogP contribution in [0.5, 0.6) is 11.5 Å². The molecule has 5 nitrogen and oxygen atoms in total. The van der Waals surface area contributed by atoms with Crippen molar-refractivity contribution in [3.63, 3.8) is 0 Å². The Kier molecular flexibility index (Phi) is 5.39. The van der Waals surface area contributed by atoms with Gasteiger partial charge in [-0.3, -0.25) is 4.79 Å². The van der Waals surface area contributed by atoms with Crippen molar-refractivity contribution in [2.24, 2.45) is 5.10 Å². The molecular weight excluding hydrogens is 352 g/mol. The number of methoxy groups -OCH3 is 2. The fraction of sp³-hybridized carbons (Fsp3) is 0.100. The van der Waals surface area contributed by atoms with Gasteiger partial charge in [-0.2, -0.15) is 5.10 Å². The van der Waals surface area contributed by atoms with Crippen LogP contribution < -0.4 is 14.9 Å². The zero-order valence-electron chi connectivity index (χ0n) is 14.3. The summed E-state index contributed by atoms with van der Waals surface area (Å²) in [6, 6.07) is 16.2. The van der Waals surface area contributed by atoms with Crippen LogP contribution in [0.4, 0.5) is 0 Å². The predicted molar refractivity (Wildman–Crippen MR) is 104 cm³/mol. The van der Waals surface area contributed by atoms with E-state index in [1.807, 2.05) is 30.3 Å². The molecule has 0 heterocycles. The van der Waals surface area contributed by atoms with Gasteiger partial charge in [0.05, 0.1) is 20.4 Å². The van der Waals surface area contributed by atoms with Crippen molar-refractivity contribution in [1.29, 1.82) is 0 Å². The maximum Gasteiger partial charge on any atom is 0.271 e. The number of benzene rings is 3. The number of hydrazone groups is 1. The Labute approximate surface area is 156 Å². The summed E-state index contributed by atoms with van der Waals surface area (Å²) < 4.78 is 10.7. The number of hydrogen-bond acceptors (Lipinski definition) is 4. The lowest BCUT2D eigenvalue weighted by molar-refractivity contribution is 0.0955. The molecule has 0 saturated carbocycles. The second kappa shape index (κ2) is 7.89. The minimum Gasteiger partial charge on any atom is -0.497 e. The second-order valence-corrected chi connectivity index (χ2v) is 5.91. The summed E-state index contributed by atoms with van der Waals surface area (Å²) in [6.45, 7) is 0. The maximum absolute atomic E-state index is 12.2. The van der Waals surface area contributed by atoms with E-state index >= 15 is 0 Å². The van der Waals surface area contributed by atoms with Gasteiger partial charge in [0.2, 0.25) is 0 Å². The molecule has 6 heteroatoms. The molecule has 1 N–H and O–H groups in total. The van der Waals surface area contributed by atoms with Crippen LogP contribution in [0, 0.1) is 0 Å². The van der Waals surface area contributed by atoms with E-state index in [9.17, 15) is 4.79 Å². The van der Waals surface area contributed by atoms with Gasteiger partial charge in [-0.25, -0.2) is 5.43 Å². The minimum absolute atomic E-state index is 0.347. The largest absolute Gasteiger partial charge is 0.497 e. The molecule has 0 radical (unpaired) electrons. The summed E-state index contributed by atoms with van der Waals surface area (Å²) >= 11 is 5.91. The number of carbonyl (C=O) groups is 1. The van der Waals surface area contributed by atoms with Crippen molar-refractivity contribution in [3.8, 4) is 11.5 Å². The molecule has 1 amide bonds. The summed E-state index contributed by atoms with van der Waals surface area (Å²) in [5, 5.41) is 6.48. The number of nitrogens with zero attached hydrogens (tertiary/aromatic N) is 1. The van der Waals surface area contributed by atoms with Crippen LogP contribution >= 0.6 is 11.6 Å². The standard InChI is InChI=1S/C20H17ClN2O3/c1-25-16-8-6-13-7-9-19(26-2)18(17(13)11-16)12-22-23-20(24)14-4-3-5-15(21)10-14/h3-12H,1-2H3,(H,23,24)/b22-12+. The number of fused-ring (bicyclic) bond motifs is 1. The smallest absolute Gasteiger partial charge is 0.271 e. The molecule has 0 unspecified atom stereocenters. The SMILES string of the molecule is COc1ccc2ccc(OC)c(/C=N/NC(=O)c3cccc(Cl)c3)c2c1. The average Bonchev–Trinajstić information content (AvgIpc) is 2.67. The number of nitrogens with one attached hydrogen (secondary N) is 1. The number of ether oxygens (including phenoxy) is 2. The third-order valence-electron chi connectivity index (χ3n) is 3.90. The highest BCUT2D eigenvalue weighted by atomic mass is 35.5. The third kappa shape index (κ3) is 3.78. The normalized spacial score (nSPS) is 10.9. The van der Waals surface area contributed by atoms with E-state index in [-0.39, 0.29) is 5.91 Å². The Balaban J connectivity index is 1.91. The van der Waals surface area contributed by atoms with Crippen LogP contribution in [0.1, 0.15) is 15.9 Å². The third-order valence-corrected chi connectivity index (χ3v) is 4.13. The van der Waals surface area contributed by atoms with E-state index in [1.54, 1.807) is 44.7 Å². The fourth-order valence-corrected chi connectivity index (χ4v) is 2.78. The quantitative estimate of drug-likeness (QED) is 0.540. The van der Waals surface area contributed by atoms with Crippen LogP contribution in [-0.4, -0.2) is 26.3 Å². The maximum atomic E-state index is 12.2. The minimum atomic E-state index is -0.347. The summed E-state index contributed by atoms with van der Waals surface area (Å²) in [7, 11) is 3.20. The molecule has 0 aromatic heterocycles. The average molecular weight is 369 g/mol. The van der Waals surface area contributed by atoms with E-state index in [0.717, 1.165) is 22.1 Å². The summed E-state index contributed by atoms with van der Waals surface area (Å²) in [5.74, 6) is 1.02. The monoisotopic (exact) mass is 368 g/mol. The van der Waals surface area contributed by atoms with Crippen molar-refractivity contribution < 1.29 is 14.3 Å². The molecule has 132 valence electrons. The molecule has 0 fully saturated rings. The van der Waals surface area contributed by atoms with Crippen LogP contribution in [0.2, 0.25) is 5.02 Å². The van der Waals surface area contributed by atoms with Crippen molar-refractivity contribution in [2.75, 3.05) is 14.2 Å². The Bertz CT molecular complexity index is 981. The Hall–Kier alpha value is -3.05. The highest BCUT2D eigenvalue weighted by Crippen LogP contribution is 2.29. The van der Waals surface area contributed by atoms with Crippen LogP contribution in [-0.2, 0) is 0 Å².